The second-order valence-corrected chi connectivity index (χ2v) is 2.32. The summed E-state index contributed by atoms with van der Waals surface area (Å²) < 4.78 is 37.0. The summed E-state index contributed by atoms with van der Waals surface area (Å²) >= 11 is 0. The fourth-order valence-corrected chi connectivity index (χ4v) is 0.796. The molecule has 56 valence electrons. The van der Waals surface area contributed by atoms with Crippen LogP contribution in [0.2, 0.25) is 0 Å². The van der Waals surface area contributed by atoms with Crippen LogP contribution >= 0.6 is 0 Å². The minimum atomic E-state index is -2.95. The van der Waals surface area contributed by atoms with Crippen LogP contribution in [0.15, 0.2) is 23.8 Å². The van der Waals surface area contributed by atoms with E-state index in [2.05, 4.69) is 0 Å². The molecule has 0 aromatic heterocycles. The van der Waals surface area contributed by atoms with Crippen molar-refractivity contribution in [3.63, 3.8) is 0 Å². The van der Waals surface area contributed by atoms with Crippen molar-refractivity contribution in [2.45, 2.75) is 19.0 Å². The van der Waals surface area contributed by atoms with E-state index in [0.29, 0.717) is 12.2 Å². The van der Waals surface area contributed by atoms with Gasteiger partial charge in [-0.25, -0.2) is 4.39 Å². The molecule has 1 rings (SSSR count). The topological polar surface area (TPSA) is 0 Å². The third-order valence-electron chi connectivity index (χ3n) is 1.34. The number of hydrogen-bond acceptors (Lipinski definition) is 0. The van der Waals surface area contributed by atoms with Gasteiger partial charge in [-0.05, 0) is 30.7 Å². The standard InChI is InChI=1S/C7H7F3/c1-5-4-7(9,10)3-2-6(5)8/h2-4,6H,1H3. The summed E-state index contributed by atoms with van der Waals surface area (Å²) in [6.07, 6.45) is 0.747. The number of allylic oxidation sites excluding steroid dienone is 4. The van der Waals surface area contributed by atoms with Crippen molar-refractivity contribution in [3.05, 3.63) is 23.8 Å². The van der Waals surface area contributed by atoms with Crippen LogP contribution in [-0.4, -0.2) is 12.1 Å². The Morgan fingerprint density at radius 1 is 1.50 bits per heavy atom. The van der Waals surface area contributed by atoms with Gasteiger partial charge in [0.1, 0.15) is 6.17 Å². The molecule has 1 aliphatic rings. The number of hydrogen-bond donors (Lipinski definition) is 0. The second-order valence-electron chi connectivity index (χ2n) is 2.32. The minimum Gasteiger partial charge on any atom is -0.238 e. The minimum absolute atomic E-state index is 0.0764. The first kappa shape index (κ1) is 7.38. The molecule has 0 aromatic carbocycles. The lowest BCUT2D eigenvalue weighted by Crippen LogP contribution is -2.16. The van der Waals surface area contributed by atoms with Crippen LogP contribution in [0.3, 0.4) is 0 Å². The Kier molecular flexibility index (Phi) is 1.58. The maximum absolute atomic E-state index is 12.4. The molecule has 1 aliphatic carbocycles. The van der Waals surface area contributed by atoms with Crippen molar-refractivity contribution in [1.29, 1.82) is 0 Å². The van der Waals surface area contributed by atoms with Gasteiger partial charge in [0.05, 0.1) is 0 Å². The largest absolute Gasteiger partial charge is 0.285 e. The van der Waals surface area contributed by atoms with E-state index in [1.54, 1.807) is 0 Å². The Morgan fingerprint density at radius 3 is 2.50 bits per heavy atom. The molecule has 0 aliphatic heterocycles. The quantitative estimate of drug-likeness (QED) is 0.463. The van der Waals surface area contributed by atoms with Crippen molar-refractivity contribution in [2.75, 3.05) is 0 Å². The van der Waals surface area contributed by atoms with Gasteiger partial charge in [-0.15, -0.1) is 0 Å². The first-order valence-corrected chi connectivity index (χ1v) is 2.92. The van der Waals surface area contributed by atoms with Gasteiger partial charge < -0.3 is 0 Å². The number of alkyl halides is 3. The monoisotopic (exact) mass is 148 g/mol. The summed E-state index contributed by atoms with van der Waals surface area (Å²) in [4.78, 5) is 0. The first-order chi connectivity index (χ1) is 4.51. The molecule has 0 saturated heterocycles. The highest BCUT2D eigenvalue weighted by molar-refractivity contribution is 5.26. The molecular formula is C7H7F3. The lowest BCUT2D eigenvalue weighted by molar-refractivity contribution is 0.106. The summed E-state index contributed by atoms with van der Waals surface area (Å²) in [5, 5.41) is 0. The van der Waals surface area contributed by atoms with E-state index >= 15 is 0 Å². The van der Waals surface area contributed by atoms with Crippen LogP contribution in [0.1, 0.15) is 6.92 Å². The van der Waals surface area contributed by atoms with Crippen molar-refractivity contribution >= 4 is 0 Å². The zero-order valence-electron chi connectivity index (χ0n) is 5.44. The predicted octanol–water partition coefficient (Wildman–Crippen LogP) is 2.48. The van der Waals surface area contributed by atoms with E-state index in [1.807, 2.05) is 0 Å². The highest BCUT2D eigenvalue weighted by Gasteiger charge is 2.27. The second kappa shape index (κ2) is 2.15. The van der Waals surface area contributed by atoms with Crippen LogP contribution in [-0.2, 0) is 0 Å². The van der Waals surface area contributed by atoms with Crippen LogP contribution < -0.4 is 0 Å². The van der Waals surface area contributed by atoms with Gasteiger partial charge in [0.15, 0.2) is 0 Å². The molecule has 10 heavy (non-hydrogen) atoms. The molecule has 0 bridgehead atoms. The Hall–Kier alpha value is -0.730. The molecule has 1 atom stereocenters. The first-order valence-electron chi connectivity index (χ1n) is 2.92. The van der Waals surface area contributed by atoms with Gasteiger partial charge in [0.2, 0.25) is 0 Å². The van der Waals surface area contributed by atoms with Crippen LogP contribution in [0.4, 0.5) is 13.2 Å². The average molecular weight is 148 g/mol. The Bertz CT molecular complexity index is 191. The molecule has 0 saturated carbocycles. The van der Waals surface area contributed by atoms with E-state index < -0.39 is 12.1 Å². The Labute approximate surface area is 57.0 Å². The molecule has 3 heteroatoms. The lowest BCUT2D eigenvalue weighted by atomic mass is 10.0. The van der Waals surface area contributed by atoms with Crippen molar-refractivity contribution in [2.24, 2.45) is 0 Å². The Balaban J connectivity index is 2.85. The van der Waals surface area contributed by atoms with Gasteiger partial charge >= 0.3 is 0 Å². The van der Waals surface area contributed by atoms with Gasteiger partial charge in [0.25, 0.3) is 5.92 Å². The zero-order valence-corrected chi connectivity index (χ0v) is 5.44. The summed E-state index contributed by atoms with van der Waals surface area (Å²) in [6, 6.07) is 0. The van der Waals surface area contributed by atoms with Crippen LogP contribution in [0, 0.1) is 0 Å². The van der Waals surface area contributed by atoms with Gasteiger partial charge in [0, 0.05) is 0 Å². The zero-order chi connectivity index (χ0) is 7.78. The van der Waals surface area contributed by atoms with E-state index in [1.165, 1.54) is 6.92 Å². The summed E-state index contributed by atoms with van der Waals surface area (Å²) in [5.74, 6) is -2.95. The Morgan fingerprint density at radius 2 is 2.10 bits per heavy atom. The van der Waals surface area contributed by atoms with E-state index in [-0.39, 0.29) is 5.57 Å². The average Bonchev–Trinajstić information content (AvgIpc) is 1.79. The molecule has 0 nitrogen and oxygen atoms in total. The maximum Gasteiger partial charge on any atom is 0.285 e. The van der Waals surface area contributed by atoms with Crippen LogP contribution in [0.5, 0.6) is 0 Å². The highest BCUT2D eigenvalue weighted by Crippen LogP contribution is 2.26. The molecule has 0 spiro atoms. The van der Waals surface area contributed by atoms with Crippen molar-refractivity contribution in [1.82, 2.24) is 0 Å². The molecule has 0 radical (unpaired) electrons. The number of rotatable bonds is 0. The molecule has 0 aromatic rings. The molecular weight excluding hydrogens is 141 g/mol. The number of halogens is 3. The molecule has 1 unspecified atom stereocenters. The third kappa shape index (κ3) is 1.40. The summed E-state index contributed by atoms with van der Waals surface area (Å²) in [7, 11) is 0. The fraction of sp³-hybridized carbons (Fsp3) is 0.429. The molecule has 0 N–H and O–H groups in total. The molecule has 0 fully saturated rings. The highest BCUT2D eigenvalue weighted by atomic mass is 19.3. The molecule has 0 heterocycles. The predicted molar refractivity (Wildman–Crippen MR) is 32.7 cm³/mol. The smallest absolute Gasteiger partial charge is 0.238 e. The van der Waals surface area contributed by atoms with Crippen molar-refractivity contribution in [3.8, 4) is 0 Å². The van der Waals surface area contributed by atoms with E-state index in [4.69, 9.17) is 0 Å². The SMILES string of the molecule is CC1=CC(F)(F)C=CC1F. The fourth-order valence-electron chi connectivity index (χ4n) is 0.796. The summed E-state index contributed by atoms with van der Waals surface area (Å²) in [5.41, 5.74) is 0.0764. The van der Waals surface area contributed by atoms with E-state index in [0.717, 1.165) is 6.08 Å². The van der Waals surface area contributed by atoms with Gasteiger partial charge in [-0.3, -0.25) is 0 Å². The summed E-state index contributed by atoms with van der Waals surface area (Å²) in [6.45, 7) is 1.35. The third-order valence-corrected chi connectivity index (χ3v) is 1.34. The lowest BCUT2D eigenvalue weighted by Gasteiger charge is -2.14. The van der Waals surface area contributed by atoms with Gasteiger partial charge in [-0.1, -0.05) is 0 Å². The normalized spacial score (nSPS) is 30.0. The van der Waals surface area contributed by atoms with Gasteiger partial charge in [-0.2, -0.15) is 8.78 Å². The van der Waals surface area contributed by atoms with Crippen molar-refractivity contribution < 1.29 is 13.2 Å². The van der Waals surface area contributed by atoms with E-state index in [9.17, 15) is 13.2 Å². The van der Waals surface area contributed by atoms with Crippen LogP contribution in [0.25, 0.3) is 0 Å². The molecule has 0 amide bonds. The maximum atomic E-state index is 12.4.